The second kappa shape index (κ2) is 13.4. The Morgan fingerprint density at radius 3 is 2.62 bits per heavy atom. The highest BCUT2D eigenvalue weighted by molar-refractivity contribution is 5.69. The SMILES string of the molecule is CCCCCC1(CC=C2CC[C@@H](O)[C@@H]2CCCCCCC(=O)OCC)OCCO1. The number of hydrogen-bond donors (Lipinski definition) is 1. The molecule has 0 radical (unpaired) electrons. The van der Waals surface area contributed by atoms with Crippen LogP contribution in [0.25, 0.3) is 0 Å². The minimum absolute atomic E-state index is 0.0897. The van der Waals surface area contributed by atoms with Crippen molar-refractivity contribution in [1.82, 2.24) is 0 Å². The van der Waals surface area contributed by atoms with Crippen molar-refractivity contribution in [2.45, 2.75) is 109 Å². The van der Waals surface area contributed by atoms with Gasteiger partial charge in [0.25, 0.3) is 0 Å². The third-order valence-corrected chi connectivity index (χ3v) is 6.27. The topological polar surface area (TPSA) is 65.0 Å². The average molecular weight is 411 g/mol. The zero-order valence-corrected chi connectivity index (χ0v) is 18.6. The molecule has 2 fully saturated rings. The van der Waals surface area contributed by atoms with Crippen molar-refractivity contribution >= 4 is 5.97 Å². The van der Waals surface area contributed by atoms with E-state index >= 15 is 0 Å². The predicted molar refractivity (Wildman–Crippen MR) is 115 cm³/mol. The predicted octanol–water partition coefficient (Wildman–Crippen LogP) is 5.30. The van der Waals surface area contributed by atoms with Crippen LogP contribution >= 0.6 is 0 Å². The summed E-state index contributed by atoms with van der Waals surface area (Å²) in [6.45, 7) is 5.89. The van der Waals surface area contributed by atoms with E-state index in [-0.39, 0.29) is 18.0 Å². The fraction of sp³-hybridized carbons (Fsp3) is 0.875. The number of ether oxygens (including phenoxy) is 3. The first-order valence-electron chi connectivity index (χ1n) is 11.9. The molecule has 1 N–H and O–H groups in total. The quantitative estimate of drug-likeness (QED) is 0.239. The van der Waals surface area contributed by atoms with Crippen LogP contribution in [0.5, 0.6) is 0 Å². The van der Waals surface area contributed by atoms with Gasteiger partial charge in [0.2, 0.25) is 0 Å². The maximum atomic E-state index is 11.4. The lowest BCUT2D eigenvalue weighted by molar-refractivity contribution is -0.160. The van der Waals surface area contributed by atoms with Crippen molar-refractivity contribution in [2.24, 2.45) is 5.92 Å². The minimum Gasteiger partial charge on any atom is -0.466 e. The number of unbranched alkanes of at least 4 members (excludes halogenated alkanes) is 5. The largest absolute Gasteiger partial charge is 0.466 e. The number of aliphatic hydroxyl groups is 1. The molecule has 1 heterocycles. The molecule has 168 valence electrons. The molecule has 0 spiro atoms. The summed E-state index contributed by atoms with van der Waals surface area (Å²) in [6, 6.07) is 0. The van der Waals surface area contributed by atoms with Gasteiger partial charge in [-0.1, -0.05) is 50.7 Å². The summed E-state index contributed by atoms with van der Waals surface area (Å²) in [5, 5.41) is 10.5. The van der Waals surface area contributed by atoms with Gasteiger partial charge < -0.3 is 19.3 Å². The van der Waals surface area contributed by atoms with E-state index in [2.05, 4.69) is 13.0 Å². The summed E-state index contributed by atoms with van der Waals surface area (Å²) >= 11 is 0. The van der Waals surface area contributed by atoms with E-state index in [4.69, 9.17) is 14.2 Å². The molecule has 0 unspecified atom stereocenters. The van der Waals surface area contributed by atoms with Crippen LogP contribution in [0.2, 0.25) is 0 Å². The molecule has 2 rings (SSSR count). The third kappa shape index (κ3) is 8.39. The number of rotatable bonds is 14. The van der Waals surface area contributed by atoms with Gasteiger partial charge in [-0.2, -0.15) is 0 Å². The Morgan fingerprint density at radius 1 is 1.14 bits per heavy atom. The smallest absolute Gasteiger partial charge is 0.305 e. The molecule has 5 heteroatoms. The lowest BCUT2D eigenvalue weighted by Gasteiger charge is -2.27. The maximum Gasteiger partial charge on any atom is 0.305 e. The normalized spacial score (nSPS) is 25.0. The van der Waals surface area contributed by atoms with E-state index in [9.17, 15) is 9.90 Å². The molecule has 1 saturated heterocycles. The van der Waals surface area contributed by atoms with Crippen molar-refractivity contribution in [2.75, 3.05) is 19.8 Å². The standard InChI is InChI=1S/C24H42O5/c1-3-5-10-16-24(28-18-19-29-24)17-15-20-13-14-22(25)21(20)11-8-6-7-9-12-23(26)27-4-2/h15,21-22,25H,3-14,16-19H2,1-2H3/t21-,22-/m1/s1. The Kier molecular flexibility index (Phi) is 11.3. The third-order valence-electron chi connectivity index (χ3n) is 6.27. The molecular formula is C24H42O5. The van der Waals surface area contributed by atoms with E-state index in [1.54, 1.807) is 0 Å². The first-order valence-corrected chi connectivity index (χ1v) is 11.9. The Hall–Kier alpha value is -0.910. The fourth-order valence-corrected chi connectivity index (χ4v) is 4.59. The summed E-state index contributed by atoms with van der Waals surface area (Å²) in [5.41, 5.74) is 1.39. The zero-order chi connectivity index (χ0) is 21.0. The second-order valence-corrected chi connectivity index (χ2v) is 8.52. The average Bonchev–Trinajstić information content (AvgIpc) is 3.31. The van der Waals surface area contributed by atoms with E-state index in [0.717, 1.165) is 64.2 Å². The molecule has 2 aliphatic rings. The molecule has 5 nitrogen and oxygen atoms in total. The molecule has 1 saturated carbocycles. The molecule has 0 amide bonds. The molecule has 1 aliphatic heterocycles. The van der Waals surface area contributed by atoms with Gasteiger partial charge in [0, 0.05) is 25.2 Å². The molecule has 0 bridgehead atoms. The van der Waals surface area contributed by atoms with Gasteiger partial charge in [-0.05, 0) is 39.0 Å². The number of hydrogen-bond acceptors (Lipinski definition) is 5. The summed E-state index contributed by atoms with van der Waals surface area (Å²) in [7, 11) is 0. The van der Waals surface area contributed by atoms with Crippen LogP contribution < -0.4 is 0 Å². The minimum atomic E-state index is -0.437. The van der Waals surface area contributed by atoms with Crippen molar-refractivity contribution in [3.05, 3.63) is 11.6 Å². The molecule has 2 atom stereocenters. The Morgan fingerprint density at radius 2 is 1.90 bits per heavy atom. The Balaban J connectivity index is 1.75. The van der Waals surface area contributed by atoms with Crippen LogP contribution in [0, 0.1) is 5.92 Å². The van der Waals surface area contributed by atoms with Crippen molar-refractivity contribution < 1.29 is 24.1 Å². The number of carbonyl (C=O) groups is 1. The molecule has 0 aromatic carbocycles. The van der Waals surface area contributed by atoms with E-state index in [1.165, 1.54) is 18.4 Å². The van der Waals surface area contributed by atoms with E-state index < -0.39 is 5.79 Å². The van der Waals surface area contributed by atoms with Crippen LogP contribution in [0.1, 0.15) is 97.3 Å². The highest BCUT2D eigenvalue weighted by Crippen LogP contribution is 2.38. The zero-order valence-electron chi connectivity index (χ0n) is 18.6. The summed E-state index contributed by atoms with van der Waals surface area (Å²) in [6.07, 6.45) is 14.9. The number of carbonyl (C=O) groups excluding carboxylic acids is 1. The monoisotopic (exact) mass is 410 g/mol. The van der Waals surface area contributed by atoms with Crippen LogP contribution in [-0.4, -0.2) is 42.8 Å². The van der Waals surface area contributed by atoms with Crippen molar-refractivity contribution in [3.63, 3.8) is 0 Å². The van der Waals surface area contributed by atoms with Crippen LogP contribution in [0.15, 0.2) is 11.6 Å². The van der Waals surface area contributed by atoms with Crippen LogP contribution in [-0.2, 0) is 19.0 Å². The van der Waals surface area contributed by atoms with Crippen LogP contribution in [0.4, 0.5) is 0 Å². The summed E-state index contributed by atoms with van der Waals surface area (Å²) in [4.78, 5) is 11.4. The van der Waals surface area contributed by atoms with E-state index in [1.807, 2.05) is 6.92 Å². The van der Waals surface area contributed by atoms with Gasteiger partial charge in [-0.25, -0.2) is 0 Å². The van der Waals surface area contributed by atoms with Gasteiger partial charge in [-0.3, -0.25) is 4.79 Å². The van der Waals surface area contributed by atoms with Gasteiger partial charge in [0.1, 0.15) is 0 Å². The lowest BCUT2D eigenvalue weighted by atomic mass is 9.92. The first kappa shape index (κ1) is 24.4. The maximum absolute atomic E-state index is 11.4. The Labute approximate surface area is 177 Å². The molecule has 0 aromatic rings. The molecular weight excluding hydrogens is 368 g/mol. The fourth-order valence-electron chi connectivity index (χ4n) is 4.59. The lowest BCUT2D eigenvalue weighted by Crippen LogP contribution is -2.29. The van der Waals surface area contributed by atoms with Gasteiger partial charge >= 0.3 is 5.97 Å². The molecule has 1 aliphatic carbocycles. The van der Waals surface area contributed by atoms with Crippen molar-refractivity contribution in [3.8, 4) is 0 Å². The summed E-state index contributed by atoms with van der Waals surface area (Å²) < 4.78 is 17.0. The second-order valence-electron chi connectivity index (χ2n) is 8.52. The number of aliphatic hydroxyl groups excluding tert-OH is 1. The number of esters is 1. The van der Waals surface area contributed by atoms with Gasteiger partial charge in [0.15, 0.2) is 5.79 Å². The highest BCUT2D eigenvalue weighted by atomic mass is 16.7. The molecule has 29 heavy (non-hydrogen) atoms. The van der Waals surface area contributed by atoms with Gasteiger partial charge in [0.05, 0.1) is 25.9 Å². The first-order chi connectivity index (χ1) is 14.1. The highest BCUT2D eigenvalue weighted by Gasteiger charge is 2.36. The van der Waals surface area contributed by atoms with E-state index in [0.29, 0.717) is 26.2 Å². The summed E-state index contributed by atoms with van der Waals surface area (Å²) in [5.74, 6) is -0.254. The van der Waals surface area contributed by atoms with Crippen LogP contribution in [0.3, 0.4) is 0 Å². The van der Waals surface area contributed by atoms with Crippen molar-refractivity contribution in [1.29, 1.82) is 0 Å². The van der Waals surface area contributed by atoms with Gasteiger partial charge in [-0.15, -0.1) is 0 Å². The Bertz CT molecular complexity index is 495. The molecule has 0 aromatic heterocycles.